The largest absolute Gasteiger partial charge is 0.369 e. The van der Waals surface area contributed by atoms with Gasteiger partial charge in [-0.1, -0.05) is 24.4 Å². The molecule has 1 heterocycles. The van der Waals surface area contributed by atoms with Crippen LogP contribution in [0.2, 0.25) is 0 Å². The Balaban J connectivity index is 1.48. The molecule has 0 radical (unpaired) electrons. The van der Waals surface area contributed by atoms with Gasteiger partial charge in [0.1, 0.15) is 11.6 Å². The van der Waals surface area contributed by atoms with Crippen LogP contribution in [0.5, 0.6) is 0 Å². The average Bonchev–Trinajstić information content (AvgIpc) is 3.16. The standard InChI is InChI=1S/C22H29FN4O3S/c1-14-11-20(26-30-14)25-22(29)15(2)31-13-21(28)24-16-9-10-19(18(23)12-16)27(3)17-7-5-4-6-8-17/h9-12,15,17H,4-8,13H2,1-3H3,(H,24,28)(H,25,26,29). The number of carbonyl (C=O) groups excluding carboxylic acids is 2. The minimum absolute atomic E-state index is 0.0672. The summed E-state index contributed by atoms with van der Waals surface area (Å²) in [6, 6.07) is 6.74. The zero-order valence-electron chi connectivity index (χ0n) is 18.1. The molecule has 2 amide bonds. The molecule has 0 aliphatic heterocycles. The van der Waals surface area contributed by atoms with E-state index in [0.29, 0.717) is 29.0 Å². The van der Waals surface area contributed by atoms with Crippen molar-refractivity contribution in [2.24, 2.45) is 0 Å². The third-order valence-electron chi connectivity index (χ3n) is 5.45. The Hall–Kier alpha value is -2.55. The van der Waals surface area contributed by atoms with Crippen LogP contribution in [-0.4, -0.2) is 41.1 Å². The van der Waals surface area contributed by atoms with E-state index in [1.807, 2.05) is 11.9 Å². The maximum absolute atomic E-state index is 14.7. The van der Waals surface area contributed by atoms with Crippen LogP contribution in [0.1, 0.15) is 44.8 Å². The first-order valence-electron chi connectivity index (χ1n) is 10.5. The number of carbonyl (C=O) groups is 2. The Morgan fingerprint density at radius 3 is 2.65 bits per heavy atom. The highest BCUT2D eigenvalue weighted by Gasteiger charge is 2.21. The molecule has 0 saturated heterocycles. The van der Waals surface area contributed by atoms with Crippen LogP contribution in [0.25, 0.3) is 0 Å². The highest BCUT2D eigenvalue weighted by atomic mass is 32.2. The maximum atomic E-state index is 14.7. The number of thioether (sulfide) groups is 1. The lowest BCUT2D eigenvalue weighted by atomic mass is 9.94. The zero-order valence-corrected chi connectivity index (χ0v) is 18.9. The quantitative estimate of drug-likeness (QED) is 0.614. The van der Waals surface area contributed by atoms with Crippen LogP contribution in [-0.2, 0) is 9.59 Å². The van der Waals surface area contributed by atoms with Gasteiger partial charge in [0.2, 0.25) is 11.8 Å². The molecule has 1 saturated carbocycles. The molecule has 1 atom stereocenters. The number of aryl methyl sites for hydroxylation is 1. The normalized spacial score (nSPS) is 15.4. The number of hydrogen-bond acceptors (Lipinski definition) is 6. The molecule has 1 aromatic carbocycles. The Morgan fingerprint density at radius 1 is 1.26 bits per heavy atom. The predicted octanol–water partition coefficient (Wildman–Crippen LogP) is 4.59. The van der Waals surface area contributed by atoms with Crippen LogP contribution in [0.4, 0.5) is 21.6 Å². The monoisotopic (exact) mass is 448 g/mol. The van der Waals surface area contributed by atoms with Gasteiger partial charge in [-0.2, -0.15) is 0 Å². The van der Waals surface area contributed by atoms with Gasteiger partial charge in [-0.15, -0.1) is 11.8 Å². The third-order valence-corrected chi connectivity index (χ3v) is 6.59. The van der Waals surface area contributed by atoms with Gasteiger partial charge in [0.15, 0.2) is 5.82 Å². The van der Waals surface area contributed by atoms with Crippen molar-refractivity contribution in [3.63, 3.8) is 0 Å². The van der Waals surface area contributed by atoms with Gasteiger partial charge in [-0.05, 0) is 44.9 Å². The van der Waals surface area contributed by atoms with Gasteiger partial charge in [-0.3, -0.25) is 9.59 Å². The highest BCUT2D eigenvalue weighted by Crippen LogP contribution is 2.29. The SMILES string of the molecule is Cc1cc(NC(=O)C(C)SCC(=O)Nc2ccc(N(C)C3CCCCC3)c(F)c2)no1. The molecule has 1 aliphatic rings. The van der Waals surface area contributed by atoms with E-state index in [2.05, 4.69) is 15.8 Å². The molecular formula is C22H29FN4O3S. The molecular weight excluding hydrogens is 419 g/mol. The summed E-state index contributed by atoms with van der Waals surface area (Å²) in [4.78, 5) is 26.4. The lowest BCUT2D eigenvalue weighted by molar-refractivity contribution is -0.115. The summed E-state index contributed by atoms with van der Waals surface area (Å²) in [6.45, 7) is 3.43. The Bertz CT molecular complexity index is 914. The lowest BCUT2D eigenvalue weighted by Crippen LogP contribution is -2.33. The van der Waals surface area contributed by atoms with Crippen molar-refractivity contribution in [2.75, 3.05) is 28.3 Å². The third kappa shape index (κ3) is 6.46. The Labute approximate surface area is 186 Å². The van der Waals surface area contributed by atoms with E-state index in [4.69, 9.17) is 4.52 Å². The van der Waals surface area contributed by atoms with E-state index in [-0.39, 0.29) is 23.4 Å². The molecule has 31 heavy (non-hydrogen) atoms. The molecule has 1 fully saturated rings. The van der Waals surface area contributed by atoms with E-state index in [1.165, 1.54) is 37.1 Å². The number of nitrogens with zero attached hydrogens (tertiary/aromatic N) is 2. The molecule has 1 aliphatic carbocycles. The molecule has 1 unspecified atom stereocenters. The molecule has 2 aromatic rings. The second-order valence-corrected chi connectivity index (χ2v) is 9.21. The zero-order chi connectivity index (χ0) is 22.4. The lowest BCUT2D eigenvalue weighted by Gasteiger charge is -2.33. The van der Waals surface area contributed by atoms with Gasteiger partial charge in [0.05, 0.1) is 16.7 Å². The molecule has 1 aromatic heterocycles. The number of rotatable bonds is 8. The van der Waals surface area contributed by atoms with Gasteiger partial charge in [-0.25, -0.2) is 4.39 Å². The summed E-state index contributed by atoms with van der Waals surface area (Å²) in [7, 11) is 1.93. The van der Waals surface area contributed by atoms with E-state index >= 15 is 0 Å². The molecule has 9 heteroatoms. The number of anilines is 3. The Morgan fingerprint density at radius 2 is 2.00 bits per heavy atom. The summed E-state index contributed by atoms with van der Waals surface area (Å²) < 4.78 is 19.6. The molecule has 0 spiro atoms. The van der Waals surface area contributed by atoms with Crippen molar-refractivity contribution < 1.29 is 18.5 Å². The van der Waals surface area contributed by atoms with Crippen molar-refractivity contribution in [3.05, 3.63) is 35.8 Å². The molecule has 168 valence electrons. The predicted molar refractivity (Wildman–Crippen MR) is 122 cm³/mol. The molecule has 0 bridgehead atoms. The van der Waals surface area contributed by atoms with Crippen molar-refractivity contribution in [3.8, 4) is 0 Å². The smallest absolute Gasteiger partial charge is 0.238 e. The summed E-state index contributed by atoms with van der Waals surface area (Å²) in [5.41, 5.74) is 0.951. The molecule has 2 N–H and O–H groups in total. The molecule has 7 nitrogen and oxygen atoms in total. The van der Waals surface area contributed by atoms with Crippen molar-refractivity contribution >= 4 is 40.8 Å². The first kappa shape index (κ1) is 23.1. The second kappa shape index (κ2) is 10.7. The van der Waals surface area contributed by atoms with Crippen LogP contribution >= 0.6 is 11.8 Å². The van der Waals surface area contributed by atoms with Crippen LogP contribution in [0, 0.1) is 12.7 Å². The topological polar surface area (TPSA) is 87.5 Å². The van der Waals surface area contributed by atoms with Crippen molar-refractivity contribution in [1.29, 1.82) is 0 Å². The van der Waals surface area contributed by atoms with Crippen molar-refractivity contribution in [1.82, 2.24) is 5.16 Å². The number of amides is 2. The van der Waals surface area contributed by atoms with Crippen molar-refractivity contribution in [2.45, 2.75) is 57.2 Å². The fourth-order valence-corrected chi connectivity index (χ4v) is 4.35. The highest BCUT2D eigenvalue weighted by molar-refractivity contribution is 8.01. The molecule has 3 rings (SSSR count). The van der Waals surface area contributed by atoms with Gasteiger partial charge in [0, 0.05) is 24.8 Å². The van der Waals surface area contributed by atoms with E-state index in [9.17, 15) is 14.0 Å². The minimum Gasteiger partial charge on any atom is -0.369 e. The number of halogens is 1. The summed E-state index contributed by atoms with van der Waals surface area (Å²) in [5, 5.41) is 8.58. The van der Waals surface area contributed by atoms with E-state index < -0.39 is 5.25 Å². The number of hydrogen-bond donors (Lipinski definition) is 2. The minimum atomic E-state index is -0.467. The van der Waals surface area contributed by atoms with Gasteiger partial charge in [0.25, 0.3) is 0 Å². The first-order valence-corrected chi connectivity index (χ1v) is 11.6. The second-order valence-electron chi connectivity index (χ2n) is 7.88. The number of nitrogens with one attached hydrogen (secondary N) is 2. The summed E-state index contributed by atoms with van der Waals surface area (Å²) in [5.74, 6) is 0.0834. The van der Waals surface area contributed by atoms with Crippen LogP contribution < -0.4 is 15.5 Å². The fourth-order valence-electron chi connectivity index (χ4n) is 3.66. The van der Waals surface area contributed by atoms with Gasteiger partial charge < -0.3 is 20.1 Å². The van der Waals surface area contributed by atoms with E-state index in [1.54, 1.807) is 32.0 Å². The maximum Gasteiger partial charge on any atom is 0.238 e. The summed E-state index contributed by atoms with van der Waals surface area (Å²) >= 11 is 1.18. The summed E-state index contributed by atoms with van der Waals surface area (Å²) in [6.07, 6.45) is 5.76. The number of aromatic nitrogens is 1. The average molecular weight is 449 g/mol. The first-order chi connectivity index (χ1) is 14.8. The van der Waals surface area contributed by atoms with Gasteiger partial charge >= 0.3 is 0 Å². The van der Waals surface area contributed by atoms with Crippen LogP contribution in [0.15, 0.2) is 28.8 Å². The Kier molecular flexibility index (Phi) is 7.95. The van der Waals surface area contributed by atoms with E-state index in [0.717, 1.165) is 12.8 Å². The number of benzene rings is 1. The fraction of sp³-hybridized carbons (Fsp3) is 0.500. The van der Waals surface area contributed by atoms with Crippen LogP contribution in [0.3, 0.4) is 0 Å².